The minimum atomic E-state index is -4.18. The van der Waals surface area contributed by atoms with Gasteiger partial charge in [-0.05, 0) is 100 Å². The van der Waals surface area contributed by atoms with Crippen molar-refractivity contribution in [1.29, 1.82) is 0 Å². The molecule has 1 N–H and O–H groups in total. The van der Waals surface area contributed by atoms with Crippen LogP contribution in [0.1, 0.15) is 46.6 Å². The third-order valence-electron chi connectivity index (χ3n) is 6.51. The van der Waals surface area contributed by atoms with Crippen molar-refractivity contribution in [2.24, 2.45) is 0 Å². The van der Waals surface area contributed by atoms with Gasteiger partial charge in [0, 0.05) is 16.6 Å². The number of methoxy groups -OCH3 is 1. The van der Waals surface area contributed by atoms with Gasteiger partial charge in [-0.25, -0.2) is 8.42 Å². The Morgan fingerprint density at radius 2 is 1.49 bits per heavy atom. The lowest BCUT2D eigenvalue weighted by Crippen LogP contribution is -2.55. The molecule has 0 fully saturated rings. The predicted octanol–water partition coefficient (Wildman–Crippen LogP) is 5.77. The van der Waals surface area contributed by atoms with E-state index < -0.39 is 34.1 Å². The summed E-state index contributed by atoms with van der Waals surface area (Å²) in [6.07, 6.45) is 0.326. The maximum atomic E-state index is 14.2. The highest BCUT2D eigenvalue weighted by Crippen LogP contribution is 2.28. The molecule has 43 heavy (non-hydrogen) atoms. The molecule has 3 aromatic carbocycles. The van der Waals surface area contributed by atoms with E-state index in [0.717, 1.165) is 14.3 Å². The molecule has 0 aliphatic carbocycles. The fourth-order valence-corrected chi connectivity index (χ4v) is 6.12. The van der Waals surface area contributed by atoms with Crippen molar-refractivity contribution in [3.63, 3.8) is 0 Å². The number of rotatable bonds is 13. The van der Waals surface area contributed by atoms with E-state index in [1.807, 2.05) is 46.8 Å². The number of sulfonamides is 1. The lowest BCUT2D eigenvalue weighted by Gasteiger charge is -2.34. The van der Waals surface area contributed by atoms with Gasteiger partial charge in [-0.15, -0.1) is 0 Å². The lowest BCUT2D eigenvalue weighted by molar-refractivity contribution is -0.141. The summed E-state index contributed by atoms with van der Waals surface area (Å²) >= 11 is 3.35. The second-order valence-electron chi connectivity index (χ2n) is 10.9. The molecule has 0 saturated heterocycles. The number of hydrogen-bond acceptors (Lipinski definition) is 6. The summed E-state index contributed by atoms with van der Waals surface area (Å²) in [5.74, 6) is 0.382. The minimum absolute atomic E-state index is 0.0246. The van der Waals surface area contributed by atoms with Crippen molar-refractivity contribution in [1.82, 2.24) is 10.2 Å². The second kappa shape index (κ2) is 14.7. The van der Waals surface area contributed by atoms with E-state index in [4.69, 9.17) is 9.47 Å². The molecule has 3 rings (SSSR count). The van der Waals surface area contributed by atoms with E-state index in [0.29, 0.717) is 24.5 Å². The summed E-state index contributed by atoms with van der Waals surface area (Å²) in [7, 11) is -2.62. The van der Waals surface area contributed by atoms with E-state index in [1.54, 1.807) is 55.6 Å². The topological polar surface area (TPSA) is 105 Å². The molecule has 9 nitrogen and oxygen atoms in total. The van der Waals surface area contributed by atoms with E-state index in [1.165, 1.54) is 17.0 Å². The summed E-state index contributed by atoms with van der Waals surface area (Å²) < 4.78 is 40.6. The zero-order valence-corrected chi connectivity index (χ0v) is 27.9. The molecule has 232 valence electrons. The fourth-order valence-electron chi connectivity index (χ4n) is 4.44. The van der Waals surface area contributed by atoms with Crippen LogP contribution in [0.4, 0.5) is 5.69 Å². The number of nitrogens with one attached hydrogen (secondary N) is 1. The van der Waals surface area contributed by atoms with Crippen LogP contribution in [0.15, 0.2) is 82.2 Å². The highest BCUT2D eigenvalue weighted by molar-refractivity contribution is 9.10. The SMILES string of the molecule is CCOc1ccc(N(CC(=O)N(Cc2ccc(OC)cc2)C(CC)C(=O)NC(C)(C)C)S(=O)(=O)c2ccc(Br)cc2)cc1. The summed E-state index contributed by atoms with van der Waals surface area (Å²) in [6, 6.07) is 19.1. The van der Waals surface area contributed by atoms with Gasteiger partial charge in [0.15, 0.2) is 0 Å². The smallest absolute Gasteiger partial charge is 0.264 e. The van der Waals surface area contributed by atoms with Crippen LogP contribution in [0, 0.1) is 0 Å². The first-order valence-corrected chi connectivity index (χ1v) is 16.3. The Kier molecular flexibility index (Phi) is 11.6. The number of amides is 2. The number of halogens is 1. The normalized spacial score (nSPS) is 12.3. The van der Waals surface area contributed by atoms with Crippen LogP contribution in [0.5, 0.6) is 11.5 Å². The monoisotopic (exact) mass is 673 g/mol. The standard InChI is InChI=1S/C32H40BrN3O6S/c1-7-29(31(38)34-32(3,4)5)35(21-23-9-15-26(41-6)16-10-23)30(37)22-36(25-13-17-27(18-14-25)42-8-2)43(39,40)28-19-11-24(33)12-20-28/h9-20,29H,7-8,21-22H2,1-6H3,(H,34,38). The Morgan fingerprint density at radius 1 is 0.907 bits per heavy atom. The van der Waals surface area contributed by atoms with E-state index in [9.17, 15) is 18.0 Å². The molecule has 3 aromatic rings. The van der Waals surface area contributed by atoms with Gasteiger partial charge in [-0.1, -0.05) is 35.0 Å². The molecule has 1 unspecified atom stereocenters. The van der Waals surface area contributed by atoms with Crippen molar-refractivity contribution < 1.29 is 27.5 Å². The van der Waals surface area contributed by atoms with Crippen LogP contribution in [0.25, 0.3) is 0 Å². The van der Waals surface area contributed by atoms with Crippen molar-refractivity contribution in [3.05, 3.63) is 82.8 Å². The van der Waals surface area contributed by atoms with Gasteiger partial charge in [-0.2, -0.15) is 0 Å². The number of hydrogen-bond donors (Lipinski definition) is 1. The van der Waals surface area contributed by atoms with Crippen molar-refractivity contribution in [2.45, 2.75) is 64.1 Å². The highest BCUT2D eigenvalue weighted by atomic mass is 79.9. The molecular formula is C32H40BrN3O6S. The number of ether oxygens (including phenoxy) is 2. The lowest BCUT2D eigenvalue weighted by atomic mass is 10.1. The summed E-state index contributed by atoms with van der Waals surface area (Å²) in [4.78, 5) is 29.1. The molecule has 0 bridgehead atoms. The quantitative estimate of drug-likeness (QED) is 0.247. The molecule has 0 aliphatic rings. The molecular weight excluding hydrogens is 634 g/mol. The number of anilines is 1. The molecule has 0 heterocycles. The van der Waals surface area contributed by atoms with Crippen molar-refractivity contribution in [3.8, 4) is 11.5 Å². The van der Waals surface area contributed by atoms with Crippen LogP contribution in [-0.2, 0) is 26.2 Å². The van der Waals surface area contributed by atoms with Crippen LogP contribution < -0.4 is 19.1 Å². The van der Waals surface area contributed by atoms with Gasteiger partial charge < -0.3 is 19.7 Å². The zero-order valence-electron chi connectivity index (χ0n) is 25.5. The first-order chi connectivity index (χ1) is 20.3. The Hall–Kier alpha value is -3.57. The first kappa shape index (κ1) is 33.9. The Balaban J connectivity index is 2.07. The van der Waals surface area contributed by atoms with E-state index >= 15 is 0 Å². The number of benzene rings is 3. The maximum absolute atomic E-state index is 14.2. The van der Waals surface area contributed by atoms with Crippen LogP contribution in [0.2, 0.25) is 0 Å². The van der Waals surface area contributed by atoms with Crippen LogP contribution in [-0.4, -0.2) is 57.0 Å². The van der Waals surface area contributed by atoms with Gasteiger partial charge >= 0.3 is 0 Å². The number of carbonyl (C=O) groups excluding carboxylic acids is 2. The fraction of sp³-hybridized carbons (Fsp3) is 0.375. The molecule has 1 atom stereocenters. The molecule has 0 aliphatic heterocycles. The summed E-state index contributed by atoms with van der Waals surface area (Å²) in [6.45, 7) is 9.30. The molecule has 0 radical (unpaired) electrons. The Bertz CT molecular complexity index is 1470. The number of carbonyl (C=O) groups is 2. The Morgan fingerprint density at radius 3 is 2.00 bits per heavy atom. The van der Waals surface area contributed by atoms with Gasteiger partial charge in [-0.3, -0.25) is 13.9 Å². The highest BCUT2D eigenvalue weighted by Gasteiger charge is 2.34. The van der Waals surface area contributed by atoms with Crippen molar-refractivity contribution >= 4 is 43.5 Å². The predicted molar refractivity (Wildman–Crippen MR) is 172 cm³/mol. The summed E-state index contributed by atoms with van der Waals surface area (Å²) in [5.41, 5.74) is 0.523. The Labute approximate surface area is 263 Å². The van der Waals surface area contributed by atoms with Crippen molar-refractivity contribution in [2.75, 3.05) is 24.6 Å². The third kappa shape index (κ3) is 9.21. The molecule has 0 spiro atoms. The van der Waals surface area contributed by atoms with E-state index in [2.05, 4.69) is 21.2 Å². The molecule has 2 amide bonds. The van der Waals surface area contributed by atoms with Gasteiger partial charge in [0.25, 0.3) is 10.0 Å². The van der Waals surface area contributed by atoms with E-state index in [-0.39, 0.29) is 23.0 Å². The number of nitrogens with zero attached hydrogens (tertiary/aromatic N) is 2. The molecule has 11 heteroatoms. The third-order valence-corrected chi connectivity index (χ3v) is 8.83. The summed E-state index contributed by atoms with van der Waals surface area (Å²) in [5, 5.41) is 2.97. The average molecular weight is 675 g/mol. The van der Waals surface area contributed by atoms with Gasteiger partial charge in [0.2, 0.25) is 11.8 Å². The minimum Gasteiger partial charge on any atom is -0.497 e. The first-order valence-electron chi connectivity index (χ1n) is 14.0. The zero-order chi connectivity index (χ0) is 31.8. The van der Waals surface area contributed by atoms with Crippen LogP contribution >= 0.6 is 15.9 Å². The average Bonchev–Trinajstić information content (AvgIpc) is 2.96. The largest absolute Gasteiger partial charge is 0.497 e. The van der Waals surface area contributed by atoms with Crippen LogP contribution in [0.3, 0.4) is 0 Å². The van der Waals surface area contributed by atoms with Gasteiger partial charge in [0.05, 0.1) is 24.3 Å². The molecule has 0 aromatic heterocycles. The maximum Gasteiger partial charge on any atom is 0.264 e. The second-order valence-corrected chi connectivity index (χ2v) is 13.7. The molecule has 0 saturated carbocycles. The van der Waals surface area contributed by atoms with Gasteiger partial charge in [0.1, 0.15) is 24.1 Å².